The fourth-order valence-corrected chi connectivity index (χ4v) is 9.24. The van der Waals surface area contributed by atoms with Crippen LogP contribution in [0.4, 0.5) is 19.1 Å². The van der Waals surface area contributed by atoms with E-state index in [0.717, 1.165) is 16.7 Å². The minimum Gasteiger partial charge on any atom is -0.475 e. The summed E-state index contributed by atoms with van der Waals surface area (Å²) in [5.41, 5.74) is 2.16. The van der Waals surface area contributed by atoms with E-state index < -0.39 is 39.6 Å². The van der Waals surface area contributed by atoms with Gasteiger partial charge < -0.3 is 18.9 Å². The predicted molar refractivity (Wildman–Crippen MR) is 202 cm³/mol. The van der Waals surface area contributed by atoms with Gasteiger partial charge in [0.1, 0.15) is 17.5 Å². The average molecular weight is 790 g/mol. The lowest BCUT2D eigenvalue weighted by atomic mass is 9.89. The quantitative estimate of drug-likeness (QED) is 0.198. The second-order valence-electron chi connectivity index (χ2n) is 15.5. The number of nitrogens with one attached hydrogen (secondary N) is 1. The number of anilines is 1. The van der Waals surface area contributed by atoms with Crippen LogP contribution in [0.15, 0.2) is 65.7 Å². The molecule has 5 aromatic rings. The summed E-state index contributed by atoms with van der Waals surface area (Å²) in [5, 5.41) is 0. The molecule has 2 fully saturated rings. The molecule has 1 saturated heterocycles. The first-order valence-electron chi connectivity index (χ1n) is 18.6. The highest BCUT2D eigenvalue weighted by molar-refractivity contribution is 7.92. The first kappa shape index (κ1) is 37.8. The van der Waals surface area contributed by atoms with Crippen molar-refractivity contribution in [2.75, 3.05) is 24.5 Å². The van der Waals surface area contributed by atoms with Crippen LogP contribution in [0.2, 0.25) is 0 Å². The molecule has 0 radical (unpaired) electrons. The van der Waals surface area contributed by atoms with Crippen LogP contribution in [-0.2, 0) is 27.2 Å². The van der Waals surface area contributed by atoms with Gasteiger partial charge in [-0.05, 0) is 74.4 Å². The number of carbonyl (C=O) groups excluding carboxylic acids is 1. The van der Waals surface area contributed by atoms with Crippen molar-refractivity contribution in [2.24, 2.45) is 18.9 Å². The maximum atomic E-state index is 15.0. The Morgan fingerprint density at radius 1 is 0.982 bits per heavy atom. The van der Waals surface area contributed by atoms with Gasteiger partial charge in [-0.2, -0.15) is 18.2 Å². The fraction of sp³-hybridized carbons (Fsp3) is 0.425. The van der Waals surface area contributed by atoms with Crippen LogP contribution in [0.1, 0.15) is 72.0 Å². The van der Waals surface area contributed by atoms with Gasteiger partial charge in [0.2, 0.25) is 11.8 Å². The molecule has 5 heterocycles. The van der Waals surface area contributed by atoms with Crippen molar-refractivity contribution in [3.05, 3.63) is 88.9 Å². The lowest BCUT2D eigenvalue weighted by Gasteiger charge is -2.38. The van der Waals surface area contributed by atoms with Crippen LogP contribution < -0.4 is 9.46 Å². The zero-order valence-electron chi connectivity index (χ0n) is 31.6. The van der Waals surface area contributed by atoms with E-state index in [-0.39, 0.29) is 78.1 Å². The van der Waals surface area contributed by atoms with Crippen molar-refractivity contribution in [1.29, 1.82) is 0 Å². The van der Waals surface area contributed by atoms with E-state index >= 15 is 4.79 Å². The van der Waals surface area contributed by atoms with Gasteiger partial charge in [0.15, 0.2) is 5.65 Å². The van der Waals surface area contributed by atoms with E-state index in [9.17, 15) is 21.6 Å². The number of benzene rings is 2. The molecule has 16 heteroatoms. The number of amides is 1. The fourth-order valence-electron chi connectivity index (χ4n) is 8.25. The molecule has 3 aliphatic rings. The first-order chi connectivity index (χ1) is 26.6. The molecule has 3 aromatic heterocycles. The number of hydrogen-bond donors (Lipinski definition) is 1. The summed E-state index contributed by atoms with van der Waals surface area (Å²) < 4.78 is 87.2. The van der Waals surface area contributed by atoms with Crippen molar-refractivity contribution in [2.45, 2.75) is 75.5 Å². The maximum Gasteiger partial charge on any atom is 0.399 e. The lowest BCUT2D eigenvalue weighted by Crippen LogP contribution is -2.50. The minimum absolute atomic E-state index is 0.00526. The Kier molecular flexibility index (Phi) is 9.34. The molecule has 1 aliphatic carbocycles. The molecule has 1 N–H and O–H groups in total. The van der Waals surface area contributed by atoms with Crippen LogP contribution in [0.5, 0.6) is 5.88 Å². The molecule has 3 atom stereocenters. The third-order valence-electron chi connectivity index (χ3n) is 11.2. The Bertz CT molecular complexity index is 2450. The molecule has 2 aromatic carbocycles. The van der Waals surface area contributed by atoms with Crippen molar-refractivity contribution >= 4 is 33.0 Å². The Morgan fingerprint density at radius 2 is 1.71 bits per heavy atom. The molecule has 1 saturated carbocycles. The largest absolute Gasteiger partial charge is 0.475 e. The molecular formula is C40H42F3N7O5S. The second-order valence-corrected chi connectivity index (χ2v) is 17.2. The summed E-state index contributed by atoms with van der Waals surface area (Å²) in [6.45, 7) is 8.22. The van der Waals surface area contributed by atoms with E-state index in [1.165, 1.54) is 35.0 Å². The normalized spacial score (nSPS) is 21.9. The summed E-state index contributed by atoms with van der Waals surface area (Å²) in [7, 11) is -2.76. The summed E-state index contributed by atoms with van der Waals surface area (Å²) in [6, 6.07) is 13.1. The van der Waals surface area contributed by atoms with Crippen LogP contribution in [-0.4, -0.2) is 75.8 Å². The van der Waals surface area contributed by atoms with Crippen LogP contribution in [0.3, 0.4) is 0 Å². The molecular weight excluding hydrogens is 748 g/mol. The predicted octanol–water partition coefficient (Wildman–Crippen LogP) is 7.07. The van der Waals surface area contributed by atoms with Crippen molar-refractivity contribution in [3.63, 3.8) is 0 Å². The highest BCUT2D eigenvalue weighted by Gasteiger charge is 2.65. The number of aryl methyl sites for hydroxylation is 3. The van der Waals surface area contributed by atoms with E-state index in [0.29, 0.717) is 23.3 Å². The Balaban J connectivity index is 1.29. The average Bonchev–Trinajstić information content (AvgIpc) is 3.92. The number of aromatic nitrogens is 5. The summed E-state index contributed by atoms with van der Waals surface area (Å²) in [4.78, 5) is 35.0. The summed E-state index contributed by atoms with van der Waals surface area (Å²) in [6.07, 6.45) is -2.35. The summed E-state index contributed by atoms with van der Waals surface area (Å²) in [5.74, 6) is -0.662. The van der Waals surface area contributed by atoms with Gasteiger partial charge in [-0.3, -0.25) is 9.78 Å². The standard InChI is InChI=1S/C40H42F3N7O5S/c1-22(2)14-26-19-54-20-32(30-18-44-29-16-33(49(5)36(29)45-30)39(12-13-39)40(41,42)43)50-31(26)21-55-34-17-28(35-23(3)8-6-9-24(35)4)46-38(47-34)48-56(52,53)27-11-7-10-25(15-27)37(50)51/h6-11,15-18,22,26,31-32H,12-14,19-21H2,1-5H3,(H,46,47,48)/t26-,31+,32+/m1/s1. The SMILES string of the molecule is Cc1cccc(C)c1-c1cc2nc(n1)NS(=O)(=O)c1cccc(c1)C(=O)N1[C@H](c3cnc4cc(C5(C(F)(F)F)CC5)n(C)c4n3)COC[C@@H](CC(C)C)[C@@H]1CO2. The van der Waals surface area contributed by atoms with Crippen molar-refractivity contribution < 1.29 is 35.9 Å². The number of alkyl halides is 3. The molecule has 4 bridgehead atoms. The van der Waals surface area contributed by atoms with Gasteiger partial charge in [0.25, 0.3) is 15.9 Å². The van der Waals surface area contributed by atoms with E-state index in [1.807, 2.05) is 32.0 Å². The molecule has 12 nitrogen and oxygen atoms in total. The van der Waals surface area contributed by atoms with E-state index in [4.69, 9.17) is 14.5 Å². The lowest BCUT2D eigenvalue weighted by molar-refractivity contribution is -0.162. The highest BCUT2D eigenvalue weighted by Crippen LogP contribution is 2.59. The molecule has 56 heavy (non-hydrogen) atoms. The smallest absolute Gasteiger partial charge is 0.399 e. The number of sulfonamides is 1. The number of fused-ring (bicyclic) bond motifs is 6. The molecule has 8 rings (SSSR count). The Morgan fingerprint density at radius 3 is 2.41 bits per heavy atom. The minimum atomic E-state index is -4.43. The number of nitrogens with zero attached hydrogens (tertiary/aromatic N) is 6. The molecule has 0 spiro atoms. The monoisotopic (exact) mass is 789 g/mol. The second kappa shape index (κ2) is 13.8. The first-order valence-corrected chi connectivity index (χ1v) is 20.1. The van der Waals surface area contributed by atoms with Gasteiger partial charge in [-0.1, -0.05) is 38.1 Å². The highest BCUT2D eigenvalue weighted by atomic mass is 32.2. The van der Waals surface area contributed by atoms with Gasteiger partial charge in [0, 0.05) is 35.9 Å². The van der Waals surface area contributed by atoms with Crippen molar-refractivity contribution in [3.8, 4) is 17.1 Å². The van der Waals surface area contributed by atoms with Crippen LogP contribution in [0, 0.1) is 25.7 Å². The van der Waals surface area contributed by atoms with Gasteiger partial charge in [-0.15, -0.1) is 0 Å². The van der Waals surface area contributed by atoms with E-state index in [2.05, 4.69) is 33.5 Å². The van der Waals surface area contributed by atoms with E-state index in [1.54, 1.807) is 24.1 Å². The van der Waals surface area contributed by atoms with Crippen molar-refractivity contribution in [1.82, 2.24) is 29.4 Å². The van der Waals surface area contributed by atoms with Gasteiger partial charge in [0.05, 0.1) is 47.8 Å². The molecule has 294 valence electrons. The molecule has 2 aliphatic heterocycles. The molecule has 0 unspecified atom stereocenters. The Labute approximate surface area is 322 Å². The van der Waals surface area contributed by atoms with Crippen LogP contribution >= 0.6 is 0 Å². The van der Waals surface area contributed by atoms with Gasteiger partial charge >= 0.3 is 6.18 Å². The zero-order valence-corrected chi connectivity index (χ0v) is 32.4. The zero-order chi connectivity index (χ0) is 39.7. The maximum absolute atomic E-state index is 15.0. The number of ether oxygens (including phenoxy) is 2. The third kappa shape index (κ3) is 6.65. The number of halogens is 3. The Hall–Kier alpha value is -5.09. The molecule has 1 amide bonds. The number of hydrogen-bond acceptors (Lipinski definition) is 9. The third-order valence-corrected chi connectivity index (χ3v) is 12.5. The topological polar surface area (TPSA) is 141 Å². The van der Waals surface area contributed by atoms with Crippen LogP contribution in [0.25, 0.3) is 22.4 Å². The summed E-state index contributed by atoms with van der Waals surface area (Å²) >= 11 is 0. The van der Waals surface area contributed by atoms with Gasteiger partial charge in [-0.25, -0.2) is 23.1 Å². The number of carbonyl (C=O) groups is 1. The number of rotatable bonds is 5.